The van der Waals surface area contributed by atoms with Gasteiger partial charge in [-0.3, -0.25) is 4.90 Å². The number of piperidine rings is 1. The highest BCUT2D eigenvalue weighted by molar-refractivity contribution is 7.59. The van der Waals surface area contributed by atoms with Crippen LogP contribution in [0.25, 0.3) is 0 Å². The number of para-hydroxylation sites is 1. The summed E-state index contributed by atoms with van der Waals surface area (Å²) >= 11 is 0. The summed E-state index contributed by atoms with van der Waals surface area (Å²) < 4.78 is 16.8. The molecule has 152 valence electrons. The molecule has 0 spiro atoms. The molecule has 3 aliphatic rings. The number of hydrogen-bond acceptors (Lipinski definition) is 6. The number of amides is 1. The van der Waals surface area contributed by atoms with Crippen molar-refractivity contribution in [2.45, 2.75) is 25.4 Å². The average Bonchev–Trinajstić information content (AvgIpc) is 3.12. The Bertz CT molecular complexity index is 731. The minimum Gasteiger partial charge on any atom is -0.486 e. The van der Waals surface area contributed by atoms with Crippen molar-refractivity contribution in [3.05, 3.63) is 23.8 Å². The zero-order valence-corrected chi connectivity index (χ0v) is 16.9. The molecule has 1 atom stereocenters. The topological polar surface area (TPSA) is 75.0 Å². The van der Waals surface area contributed by atoms with Crippen LogP contribution in [0.1, 0.15) is 24.8 Å². The summed E-state index contributed by atoms with van der Waals surface area (Å²) in [6.45, 7) is 5.43. The highest BCUT2D eigenvalue weighted by atomic mass is 32.1. The summed E-state index contributed by atoms with van der Waals surface area (Å²) in [5.41, 5.74) is 0.524. The number of nitriles is 1. The summed E-state index contributed by atoms with van der Waals surface area (Å²) in [5.74, 6) is 1.89. The fourth-order valence-corrected chi connectivity index (χ4v) is 4.03. The zero-order chi connectivity index (χ0) is 18.6. The maximum Gasteiger partial charge on any atom is 0.409 e. The molecule has 7 nitrogen and oxygen atoms in total. The van der Waals surface area contributed by atoms with Crippen molar-refractivity contribution in [3.63, 3.8) is 0 Å². The molecular formula is C20H27N3O4S. The third-order valence-corrected chi connectivity index (χ3v) is 5.63. The van der Waals surface area contributed by atoms with Crippen LogP contribution in [-0.2, 0) is 4.74 Å². The van der Waals surface area contributed by atoms with Gasteiger partial charge >= 0.3 is 6.09 Å². The number of ether oxygens (including phenoxy) is 3. The largest absolute Gasteiger partial charge is 0.486 e. The van der Waals surface area contributed by atoms with Gasteiger partial charge in [0.05, 0.1) is 12.1 Å². The lowest BCUT2D eigenvalue weighted by atomic mass is 9.93. The molecule has 0 N–H and O–H groups in total. The van der Waals surface area contributed by atoms with Crippen molar-refractivity contribution in [1.29, 1.82) is 5.26 Å². The number of carbonyl (C=O) groups is 1. The standard InChI is InChI=1S/C20H25N3O4.H2S/c21-12-16-2-1-3-18-19(16)27-17(14-26-18)13-22-7-4-15(5-8-22)6-9-23-10-11-25-20(23)24;/h1-3,15,17H,4-11,13-14H2;1H2/t17-;/m0./s1. The summed E-state index contributed by atoms with van der Waals surface area (Å²) in [6.07, 6.45) is 3.10. The summed E-state index contributed by atoms with van der Waals surface area (Å²) in [5, 5.41) is 9.25. The number of likely N-dealkylation sites (tertiary alicyclic amines) is 1. The van der Waals surface area contributed by atoms with E-state index in [0.717, 1.165) is 52.0 Å². The molecule has 2 saturated heterocycles. The molecule has 0 aromatic heterocycles. The maximum absolute atomic E-state index is 11.5. The second kappa shape index (κ2) is 9.39. The molecule has 0 unspecified atom stereocenters. The lowest BCUT2D eigenvalue weighted by molar-refractivity contribution is 0.0465. The van der Waals surface area contributed by atoms with E-state index >= 15 is 0 Å². The SMILES string of the molecule is N#Cc1cccc2c1O[C@@H](CN1CCC(CCN3CCOC3=O)CC1)CO2.S. The van der Waals surface area contributed by atoms with E-state index in [1.54, 1.807) is 6.07 Å². The summed E-state index contributed by atoms with van der Waals surface area (Å²) in [4.78, 5) is 15.7. The van der Waals surface area contributed by atoms with E-state index in [-0.39, 0.29) is 25.7 Å². The third kappa shape index (κ3) is 4.65. The summed E-state index contributed by atoms with van der Waals surface area (Å²) in [6, 6.07) is 7.58. The van der Waals surface area contributed by atoms with Crippen LogP contribution in [0.5, 0.6) is 11.5 Å². The van der Waals surface area contributed by atoms with Crippen molar-refractivity contribution in [2.75, 3.05) is 45.9 Å². The molecular weight excluding hydrogens is 378 g/mol. The quantitative estimate of drug-likeness (QED) is 0.749. The molecule has 3 heterocycles. The molecule has 0 saturated carbocycles. The van der Waals surface area contributed by atoms with Gasteiger partial charge in [0.2, 0.25) is 0 Å². The Hall–Kier alpha value is -2.11. The first-order valence-corrected chi connectivity index (χ1v) is 9.69. The Morgan fingerprint density at radius 2 is 2.00 bits per heavy atom. The molecule has 0 bridgehead atoms. The van der Waals surface area contributed by atoms with E-state index in [4.69, 9.17) is 14.2 Å². The number of carbonyl (C=O) groups excluding carboxylic acids is 1. The Labute approximate surface area is 172 Å². The number of rotatable bonds is 5. The van der Waals surface area contributed by atoms with E-state index in [9.17, 15) is 10.1 Å². The number of fused-ring (bicyclic) bond motifs is 1. The predicted octanol–water partition coefficient (Wildman–Crippen LogP) is 2.37. The van der Waals surface area contributed by atoms with Crippen molar-refractivity contribution < 1.29 is 19.0 Å². The number of benzene rings is 1. The monoisotopic (exact) mass is 405 g/mol. The highest BCUT2D eigenvalue weighted by Crippen LogP contribution is 2.35. The van der Waals surface area contributed by atoms with Gasteiger partial charge in [0.25, 0.3) is 0 Å². The van der Waals surface area contributed by atoms with Gasteiger partial charge in [-0.2, -0.15) is 18.8 Å². The molecule has 8 heteroatoms. The van der Waals surface area contributed by atoms with Crippen molar-refractivity contribution in [3.8, 4) is 17.6 Å². The molecule has 1 aromatic rings. The van der Waals surface area contributed by atoms with Crippen molar-refractivity contribution >= 4 is 19.6 Å². The Balaban J connectivity index is 0.00000225. The molecule has 2 fully saturated rings. The molecule has 4 rings (SSSR count). The second-order valence-electron chi connectivity index (χ2n) is 7.43. The van der Waals surface area contributed by atoms with Gasteiger partial charge in [0.1, 0.15) is 25.4 Å². The number of cyclic esters (lactones) is 1. The van der Waals surface area contributed by atoms with E-state index in [1.165, 1.54) is 0 Å². The van der Waals surface area contributed by atoms with Crippen LogP contribution in [0.2, 0.25) is 0 Å². The fourth-order valence-electron chi connectivity index (χ4n) is 4.03. The number of nitrogens with zero attached hydrogens (tertiary/aromatic N) is 3. The van der Waals surface area contributed by atoms with Crippen LogP contribution in [0.15, 0.2) is 18.2 Å². The van der Waals surface area contributed by atoms with Gasteiger partial charge in [-0.15, -0.1) is 0 Å². The van der Waals surface area contributed by atoms with Crippen LogP contribution in [0.3, 0.4) is 0 Å². The highest BCUT2D eigenvalue weighted by Gasteiger charge is 2.28. The van der Waals surface area contributed by atoms with Gasteiger partial charge < -0.3 is 19.1 Å². The molecule has 3 aliphatic heterocycles. The number of hydrogen-bond donors (Lipinski definition) is 0. The summed E-state index contributed by atoms with van der Waals surface area (Å²) in [7, 11) is 0. The Morgan fingerprint density at radius 1 is 1.18 bits per heavy atom. The fraction of sp³-hybridized carbons (Fsp3) is 0.600. The van der Waals surface area contributed by atoms with Crippen LogP contribution < -0.4 is 9.47 Å². The van der Waals surface area contributed by atoms with Crippen LogP contribution >= 0.6 is 13.5 Å². The van der Waals surface area contributed by atoms with E-state index < -0.39 is 0 Å². The van der Waals surface area contributed by atoms with Gasteiger partial charge in [-0.25, -0.2) is 4.79 Å². The first-order chi connectivity index (χ1) is 13.2. The van der Waals surface area contributed by atoms with Gasteiger partial charge in [-0.05, 0) is 50.4 Å². The molecule has 0 radical (unpaired) electrons. The molecule has 28 heavy (non-hydrogen) atoms. The van der Waals surface area contributed by atoms with Gasteiger partial charge in [0, 0.05) is 13.1 Å². The lowest BCUT2D eigenvalue weighted by Gasteiger charge is -2.36. The molecule has 0 aliphatic carbocycles. The smallest absolute Gasteiger partial charge is 0.409 e. The zero-order valence-electron chi connectivity index (χ0n) is 15.9. The van der Waals surface area contributed by atoms with Crippen LogP contribution in [0, 0.1) is 17.2 Å². The van der Waals surface area contributed by atoms with Gasteiger partial charge in [-0.1, -0.05) is 6.07 Å². The van der Waals surface area contributed by atoms with E-state index in [2.05, 4.69) is 11.0 Å². The third-order valence-electron chi connectivity index (χ3n) is 5.63. The Morgan fingerprint density at radius 3 is 2.71 bits per heavy atom. The maximum atomic E-state index is 11.5. The van der Waals surface area contributed by atoms with E-state index in [0.29, 0.717) is 36.2 Å². The predicted molar refractivity (Wildman–Crippen MR) is 108 cm³/mol. The lowest BCUT2D eigenvalue weighted by Crippen LogP contribution is -2.44. The first-order valence-electron chi connectivity index (χ1n) is 9.69. The minimum absolute atomic E-state index is 0. The first kappa shape index (κ1) is 20.6. The van der Waals surface area contributed by atoms with Crippen molar-refractivity contribution in [1.82, 2.24) is 9.80 Å². The Kier molecular flexibility index (Phi) is 6.92. The van der Waals surface area contributed by atoms with Crippen LogP contribution in [0.4, 0.5) is 4.79 Å². The normalized spacial score (nSPS) is 22.3. The van der Waals surface area contributed by atoms with Crippen LogP contribution in [-0.4, -0.2) is 67.9 Å². The molecule has 1 amide bonds. The van der Waals surface area contributed by atoms with E-state index in [1.807, 2.05) is 17.0 Å². The molecule has 1 aromatic carbocycles. The minimum atomic E-state index is -0.168. The average molecular weight is 406 g/mol. The van der Waals surface area contributed by atoms with Gasteiger partial charge in [0.15, 0.2) is 11.5 Å². The van der Waals surface area contributed by atoms with Crippen molar-refractivity contribution in [2.24, 2.45) is 5.92 Å². The second-order valence-corrected chi connectivity index (χ2v) is 7.43.